The number of imidazole rings is 1. The smallest absolute Gasteiger partial charge is 0.166 e. The number of nitrogens with zero attached hydrogens (tertiary/aromatic N) is 4. The van der Waals surface area contributed by atoms with E-state index in [1.807, 2.05) is 18.5 Å². The van der Waals surface area contributed by atoms with E-state index in [-0.39, 0.29) is 12.1 Å². The van der Waals surface area contributed by atoms with Gasteiger partial charge >= 0.3 is 0 Å². The molecule has 7 nitrogen and oxygen atoms in total. The molecule has 0 amide bonds. The summed E-state index contributed by atoms with van der Waals surface area (Å²) in [4.78, 5) is 14.3. The number of fused-ring (bicyclic) bond motifs is 1. The molecule has 1 aromatic carbocycles. The van der Waals surface area contributed by atoms with Crippen molar-refractivity contribution in [3.8, 4) is 0 Å². The van der Waals surface area contributed by atoms with Crippen molar-refractivity contribution < 1.29 is 0 Å². The van der Waals surface area contributed by atoms with Gasteiger partial charge in [0.1, 0.15) is 5.82 Å². The molecule has 4 rings (SSSR count). The highest BCUT2D eigenvalue weighted by atomic mass is 35.5. The minimum absolute atomic E-state index is 0.210. The molecular weight excluding hydrogens is 386 g/mol. The Morgan fingerprint density at radius 2 is 2.00 bits per heavy atom. The fourth-order valence-corrected chi connectivity index (χ4v) is 4.31. The second-order valence-electron chi connectivity index (χ2n) is 8.22. The first-order valence-corrected chi connectivity index (χ1v) is 10.6. The molecule has 1 fully saturated rings. The maximum absolute atomic E-state index is 6.38. The van der Waals surface area contributed by atoms with Crippen LogP contribution in [0.1, 0.15) is 51.4 Å². The second kappa shape index (κ2) is 8.16. The highest BCUT2D eigenvalue weighted by Gasteiger charge is 2.24. The molecule has 2 aromatic heterocycles. The van der Waals surface area contributed by atoms with Gasteiger partial charge in [-0.2, -0.15) is 0 Å². The van der Waals surface area contributed by atoms with Crippen LogP contribution in [-0.2, 0) is 6.42 Å². The second-order valence-corrected chi connectivity index (χ2v) is 8.65. The lowest BCUT2D eigenvalue weighted by atomic mass is 9.83. The van der Waals surface area contributed by atoms with E-state index in [4.69, 9.17) is 33.0 Å². The van der Waals surface area contributed by atoms with Crippen LogP contribution in [0, 0.1) is 5.92 Å². The third kappa shape index (κ3) is 4.31. The molecule has 29 heavy (non-hydrogen) atoms. The quantitative estimate of drug-likeness (QED) is 0.533. The van der Waals surface area contributed by atoms with E-state index in [1.165, 1.54) is 12.8 Å². The van der Waals surface area contributed by atoms with Crippen molar-refractivity contribution in [2.75, 3.05) is 11.1 Å². The summed E-state index contributed by atoms with van der Waals surface area (Å²) in [6.45, 7) is 4.23. The summed E-state index contributed by atoms with van der Waals surface area (Å²) in [5.74, 6) is 1.86. The van der Waals surface area contributed by atoms with Gasteiger partial charge in [0.15, 0.2) is 17.0 Å². The zero-order valence-corrected chi connectivity index (χ0v) is 17.7. The molecule has 0 unspecified atom stereocenters. The van der Waals surface area contributed by atoms with E-state index in [0.717, 1.165) is 41.9 Å². The van der Waals surface area contributed by atoms with Gasteiger partial charge in [-0.15, -0.1) is 0 Å². The minimum Gasteiger partial charge on any atom is -0.399 e. The van der Waals surface area contributed by atoms with Crippen LogP contribution in [0.2, 0.25) is 5.02 Å². The topological polar surface area (TPSA) is 108 Å². The van der Waals surface area contributed by atoms with Gasteiger partial charge in [-0.05, 0) is 50.8 Å². The molecule has 2 atom stereocenters. The normalized spacial score (nSPS) is 19.8. The number of hydrogen-bond acceptors (Lipinski definition) is 6. The van der Waals surface area contributed by atoms with Crippen molar-refractivity contribution in [1.29, 1.82) is 0 Å². The molecular formula is C21H28ClN7. The highest BCUT2D eigenvalue weighted by Crippen LogP contribution is 2.30. The van der Waals surface area contributed by atoms with E-state index in [2.05, 4.69) is 28.7 Å². The highest BCUT2D eigenvalue weighted by molar-refractivity contribution is 6.31. The molecule has 0 aliphatic heterocycles. The molecule has 1 aliphatic rings. The predicted octanol–water partition coefficient (Wildman–Crippen LogP) is 4.45. The van der Waals surface area contributed by atoms with Gasteiger partial charge in [0, 0.05) is 34.9 Å². The lowest BCUT2D eigenvalue weighted by Crippen LogP contribution is -2.34. The Bertz CT molecular complexity index is 993. The largest absolute Gasteiger partial charge is 0.399 e. The Morgan fingerprint density at radius 3 is 2.72 bits per heavy atom. The van der Waals surface area contributed by atoms with Gasteiger partial charge in [-0.25, -0.2) is 15.0 Å². The molecule has 2 heterocycles. The first kappa shape index (κ1) is 19.9. The van der Waals surface area contributed by atoms with E-state index in [1.54, 1.807) is 6.07 Å². The van der Waals surface area contributed by atoms with Crippen molar-refractivity contribution >= 4 is 40.0 Å². The first-order chi connectivity index (χ1) is 13.9. The van der Waals surface area contributed by atoms with Crippen molar-refractivity contribution in [2.24, 2.45) is 11.7 Å². The zero-order valence-electron chi connectivity index (χ0n) is 16.9. The van der Waals surface area contributed by atoms with Crippen LogP contribution in [0.25, 0.3) is 11.2 Å². The van der Waals surface area contributed by atoms with Gasteiger partial charge < -0.3 is 21.4 Å². The standard InChI is InChI=1S/C21H28ClN7/c1-12(2)29-11-25-19-20(26-16-9-14(22)8-15(23)10-16)27-18(28-21(19)29)7-13-5-3-4-6-17(13)24/h8-13,17H,3-7,23-24H2,1-2H3,(H,26,27,28)/t13-,17+/m0/s1. The van der Waals surface area contributed by atoms with Gasteiger partial charge in [-0.3, -0.25) is 0 Å². The Kier molecular flexibility index (Phi) is 5.61. The van der Waals surface area contributed by atoms with Crippen molar-refractivity contribution in [2.45, 2.75) is 58.0 Å². The molecule has 5 N–H and O–H groups in total. The molecule has 0 bridgehead atoms. The molecule has 8 heteroatoms. The van der Waals surface area contributed by atoms with Crippen LogP contribution in [0.15, 0.2) is 24.5 Å². The van der Waals surface area contributed by atoms with Gasteiger partial charge in [-0.1, -0.05) is 24.4 Å². The van der Waals surface area contributed by atoms with Gasteiger partial charge in [0.05, 0.1) is 6.33 Å². The van der Waals surface area contributed by atoms with Crippen LogP contribution in [0.4, 0.5) is 17.2 Å². The summed E-state index contributed by atoms with van der Waals surface area (Å²) in [5, 5.41) is 3.92. The van der Waals surface area contributed by atoms with Crippen LogP contribution in [-0.4, -0.2) is 25.6 Å². The van der Waals surface area contributed by atoms with Crippen molar-refractivity contribution in [3.05, 3.63) is 35.4 Å². The summed E-state index contributed by atoms with van der Waals surface area (Å²) < 4.78 is 2.07. The summed E-state index contributed by atoms with van der Waals surface area (Å²) in [6.07, 6.45) is 7.21. The van der Waals surface area contributed by atoms with Crippen LogP contribution >= 0.6 is 11.6 Å². The monoisotopic (exact) mass is 413 g/mol. The van der Waals surface area contributed by atoms with Gasteiger partial charge in [0.2, 0.25) is 0 Å². The average molecular weight is 414 g/mol. The van der Waals surface area contributed by atoms with Crippen molar-refractivity contribution in [1.82, 2.24) is 19.5 Å². The van der Waals surface area contributed by atoms with Crippen LogP contribution in [0.3, 0.4) is 0 Å². The Labute approximate surface area is 175 Å². The Morgan fingerprint density at radius 1 is 1.21 bits per heavy atom. The molecule has 1 saturated carbocycles. The Hall–Kier alpha value is -2.38. The number of nitrogens with two attached hydrogens (primary N) is 2. The maximum atomic E-state index is 6.38. The number of hydrogen-bond donors (Lipinski definition) is 3. The lowest BCUT2D eigenvalue weighted by Gasteiger charge is -2.28. The fraction of sp³-hybridized carbons (Fsp3) is 0.476. The predicted molar refractivity (Wildman–Crippen MR) is 118 cm³/mol. The molecule has 1 aliphatic carbocycles. The van der Waals surface area contributed by atoms with Crippen molar-refractivity contribution in [3.63, 3.8) is 0 Å². The summed E-state index contributed by atoms with van der Waals surface area (Å²) in [6, 6.07) is 5.82. The summed E-state index contributed by atoms with van der Waals surface area (Å²) >= 11 is 6.17. The number of aromatic nitrogens is 4. The molecule has 0 spiro atoms. The number of benzene rings is 1. The number of halogens is 1. The van der Waals surface area contributed by atoms with E-state index in [0.29, 0.717) is 22.4 Å². The number of nitrogens with one attached hydrogen (secondary N) is 1. The molecule has 0 saturated heterocycles. The minimum atomic E-state index is 0.210. The van der Waals surface area contributed by atoms with E-state index in [9.17, 15) is 0 Å². The number of anilines is 3. The molecule has 154 valence electrons. The average Bonchev–Trinajstić information content (AvgIpc) is 3.07. The SMILES string of the molecule is CC(C)n1cnc2c(Nc3cc(N)cc(Cl)c3)nc(C[C@@H]3CCCC[C@H]3N)nc21. The number of nitrogen functional groups attached to an aromatic ring is 1. The summed E-state index contributed by atoms with van der Waals surface area (Å²) in [7, 11) is 0. The van der Waals surface area contributed by atoms with Gasteiger partial charge in [0.25, 0.3) is 0 Å². The van der Waals surface area contributed by atoms with E-state index >= 15 is 0 Å². The third-order valence-corrected chi connectivity index (χ3v) is 5.84. The zero-order chi connectivity index (χ0) is 20.5. The third-order valence-electron chi connectivity index (χ3n) is 5.62. The molecule has 0 radical (unpaired) electrons. The summed E-state index contributed by atoms with van der Waals surface area (Å²) in [5.41, 5.74) is 15.2. The molecule has 3 aromatic rings. The van der Waals surface area contributed by atoms with Crippen LogP contribution < -0.4 is 16.8 Å². The fourth-order valence-electron chi connectivity index (χ4n) is 4.06. The van der Waals surface area contributed by atoms with E-state index < -0.39 is 0 Å². The first-order valence-electron chi connectivity index (χ1n) is 10.2. The van der Waals surface area contributed by atoms with Crippen LogP contribution in [0.5, 0.6) is 0 Å². The lowest BCUT2D eigenvalue weighted by molar-refractivity contribution is 0.302. The number of rotatable bonds is 5. The Balaban J connectivity index is 1.75. The maximum Gasteiger partial charge on any atom is 0.166 e.